The second-order valence-corrected chi connectivity index (χ2v) is 10.5. The summed E-state index contributed by atoms with van der Waals surface area (Å²) in [6, 6.07) is 0. The molecule has 2 saturated carbocycles. The van der Waals surface area contributed by atoms with Crippen molar-refractivity contribution in [2.45, 2.75) is 76.8 Å². The van der Waals surface area contributed by atoms with Crippen LogP contribution < -0.4 is 0 Å². The van der Waals surface area contributed by atoms with E-state index in [4.69, 9.17) is 18.9 Å². The van der Waals surface area contributed by atoms with Gasteiger partial charge in [-0.1, -0.05) is 18.6 Å². The highest BCUT2D eigenvalue weighted by Gasteiger charge is 2.73. The van der Waals surface area contributed by atoms with E-state index in [1.54, 1.807) is 6.08 Å². The molecule has 2 aliphatic heterocycles. The number of hydrogen-bond acceptors (Lipinski definition) is 7. The molecule has 176 valence electrons. The van der Waals surface area contributed by atoms with Gasteiger partial charge in [-0.25, -0.2) is 0 Å². The molecular weight excluding hydrogens is 412 g/mol. The highest BCUT2D eigenvalue weighted by Crippen LogP contribution is 2.67. The van der Waals surface area contributed by atoms with Gasteiger partial charge in [-0.15, -0.1) is 0 Å². The highest BCUT2D eigenvalue weighted by atomic mass is 16.7. The minimum atomic E-state index is -1.52. The van der Waals surface area contributed by atoms with Crippen molar-refractivity contribution in [3.8, 4) is 0 Å². The van der Waals surface area contributed by atoms with Gasteiger partial charge >= 0.3 is 5.97 Å². The van der Waals surface area contributed by atoms with Crippen LogP contribution in [-0.4, -0.2) is 54.2 Å². The van der Waals surface area contributed by atoms with Gasteiger partial charge in [0.25, 0.3) is 0 Å². The average Bonchev–Trinajstić information content (AvgIpc) is 3.31. The van der Waals surface area contributed by atoms with Crippen LogP contribution in [0.25, 0.3) is 0 Å². The molecule has 4 fully saturated rings. The zero-order chi connectivity index (χ0) is 22.8. The summed E-state index contributed by atoms with van der Waals surface area (Å²) in [7, 11) is 0. The Kier molecular flexibility index (Phi) is 5.12. The Bertz CT molecular complexity index is 872. The number of Topliss-reactive ketones (excluding diaryl/α,β-unsaturated/α-hetero) is 1. The number of allylic oxidation sites excluding steroid dienone is 1. The Balaban J connectivity index is 1.58. The summed E-state index contributed by atoms with van der Waals surface area (Å²) in [5.74, 6) is -1.43. The molecule has 7 heteroatoms. The van der Waals surface area contributed by atoms with Crippen LogP contribution in [0.4, 0.5) is 0 Å². The number of carbonyl (C=O) groups is 2. The molecule has 3 aliphatic carbocycles. The third-order valence-corrected chi connectivity index (χ3v) is 8.89. The number of carbonyl (C=O) groups excluding carboxylic acids is 2. The van der Waals surface area contributed by atoms with E-state index in [0.717, 1.165) is 12.8 Å². The molecule has 0 aromatic rings. The van der Waals surface area contributed by atoms with Crippen molar-refractivity contribution in [3.05, 3.63) is 24.0 Å². The van der Waals surface area contributed by atoms with Gasteiger partial charge in [-0.05, 0) is 38.2 Å². The molecule has 1 N–H and O–H groups in total. The van der Waals surface area contributed by atoms with Crippen LogP contribution in [0.2, 0.25) is 0 Å². The Morgan fingerprint density at radius 2 is 2.06 bits per heavy atom. The predicted molar refractivity (Wildman–Crippen MR) is 114 cm³/mol. The van der Waals surface area contributed by atoms with Gasteiger partial charge in [0.1, 0.15) is 22.9 Å². The van der Waals surface area contributed by atoms with E-state index in [-0.39, 0.29) is 35.6 Å². The standard InChI is InChI=1S/C25H34O7/c1-4-29-10-9-25(28)18-6-5-17-14-24(30-11-12-31-24)8-7-22(17,3)20(18)19-15-23(25,13-16(2)26)21(27)32-19/h5,9-10,18-20,28H,4,6-8,11-15H2,1-3H3. The van der Waals surface area contributed by atoms with Crippen molar-refractivity contribution in [2.75, 3.05) is 19.8 Å². The third-order valence-electron chi connectivity index (χ3n) is 8.89. The molecule has 7 nitrogen and oxygen atoms in total. The first-order valence-electron chi connectivity index (χ1n) is 11.9. The van der Waals surface area contributed by atoms with Crippen LogP contribution in [0.1, 0.15) is 59.3 Å². The molecular formula is C25H34O7. The van der Waals surface area contributed by atoms with Crippen LogP contribution in [-0.2, 0) is 28.5 Å². The van der Waals surface area contributed by atoms with E-state index in [9.17, 15) is 14.7 Å². The van der Waals surface area contributed by atoms with Crippen molar-refractivity contribution in [3.63, 3.8) is 0 Å². The lowest BCUT2D eigenvalue weighted by atomic mass is 9.45. The molecule has 2 heterocycles. The number of aliphatic hydroxyl groups is 1. The lowest BCUT2D eigenvalue weighted by Gasteiger charge is -2.59. The topological polar surface area (TPSA) is 91.3 Å². The maximum atomic E-state index is 13.3. The summed E-state index contributed by atoms with van der Waals surface area (Å²) in [6.07, 6.45) is 8.24. The normalized spacial score (nSPS) is 44.2. The molecule has 1 spiro atoms. The molecule has 5 aliphatic rings. The van der Waals surface area contributed by atoms with Gasteiger partial charge in [-0.2, -0.15) is 0 Å². The van der Waals surface area contributed by atoms with Gasteiger partial charge in [0.05, 0.1) is 26.1 Å². The Labute approximate surface area is 189 Å². The zero-order valence-electron chi connectivity index (χ0n) is 19.2. The Morgan fingerprint density at radius 1 is 1.31 bits per heavy atom. The highest BCUT2D eigenvalue weighted by molar-refractivity contribution is 5.89. The first-order chi connectivity index (χ1) is 15.2. The number of hydrogen-bond donors (Lipinski definition) is 1. The van der Waals surface area contributed by atoms with E-state index in [1.807, 2.05) is 6.92 Å². The van der Waals surface area contributed by atoms with Crippen LogP contribution >= 0.6 is 0 Å². The maximum Gasteiger partial charge on any atom is 0.316 e. The summed E-state index contributed by atoms with van der Waals surface area (Å²) in [6.45, 7) is 7.25. The van der Waals surface area contributed by atoms with Crippen LogP contribution in [0.3, 0.4) is 0 Å². The summed E-state index contributed by atoms with van der Waals surface area (Å²) in [5.41, 5.74) is -1.77. The second-order valence-electron chi connectivity index (χ2n) is 10.5. The molecule has 5 rings (SSSR count). The Hall–Kier alpha value is -1.70. The molecule has 6 unspecified atom stereocenters. The van der Waals surface area contributed by atoms with Crippen molar-refractivity contribution < 1.29 is 33.6 Å². The molecule has 32 heavy (non-hydrogen) atoms. The van der Waals surface area contributed by atoms with Crippen molar-refractivity contribution in [2.24, 2.45) is 22.7 Å². The average molecular weight is 447 g/mol. The van der Waals surface area contributed by atoms with E-state index in [0.29, 0.717) is 39.1 Å². The van der Waals surface area contributed by atoms with Gasteiger partial charge in [0, 0.05) is 37.5 Å². The van der Waals surface area contributed by atoms with Crippen LogP contribution in [0.5, 0.6) is 0 Å². The molecule has 0 radical (unpaired) electrons. The second kappa shape index (κ2) is 7.40. The largest absolute Gasteiger partial charge is 0.502 e. The molecule has 2 bridgehead atoms. The first kappa shape index (κ1) is 22.1. The van der Waals surface area contributed by atoms with Crippen molar-refractivity contribution in [1.29, 1.82) is 0 Å². The fraction of sp³-hybridized carbons (Fsp3) is 0.760. The summed E-state index contributed by atoms with van der Waals surface area (Å²) < 4.78 is 23.4. The van der Waals surface area contributed by atoms with Crippen LogP contribution in [0, 0.1) is 22.7 Å². The third kappa shape index (κ3) is 2.90. The fourth-order valence-corrected chi connectivity index (χ4v) is 7.45. The van der Waals surface area contributed by atoms with Gasteiger partial charge in [0.2, 0.25) is 0 Å². The van der Waals surface area contributed by atoms with E-state index in [2.05, 4.69) is 13.0 Å². The van der Waals surface area contributed by atoms with Crippen molar-refractivity contribution in [1.82, 2.24) is 0 Å². The summed E-state index contributed by atoms with van der Waals surface area (Å²) in [4.78, 5) is 25.5. The number of fused-ring (bicyclic) bond motifs is 6. The summed E-state index contributed by atoms with van der Waals surface area (Å²) in [5, 5.41) is 12.3. The number of rotatable bonds is 5. The number of esters is 1. The summed E-state index contributed by atoms with van der Waals surface area (Å²) >= 11 is 0. The number of ether oxygens (including phenoxy) is 4. The van der Waals surface area contributed by atoms with Crippen molar-refractivity contribution >= 4 is 11.8 Å². The lowest BCUT2D eigenvalue weighted by Crippen LogP contribution is -2.64. The maximum absolute atomic E-state index is 13.3. The Morgan fingerprint density at radius 3 is 2.75 bits per heavy atom. The van der Waals surface area contributed by atoms with Gasteiger partial charge < -0.3 is 24.1 Å². The number of ketones is 1. The van der Waals surface area contributed by atoms with Gasteiger partial charge in [-0.3, -0.25) is 9.59 Å². The molecule has 2 saturated heterocycles. The molecule has 6 atom stereocenters. The quantitative estimate of drug-likeness (QED) is 0.394. The fourth-order valence-electron chi connectivity index (χ4n) is 7.45. The molecule has 0 aromatic carbocycles. The predicted octanol–water partition coefficient (Wildman–Crippen LogP) is 3.06. The smallest absolute Gasteiger partial charge is 0.316 e. The zero-order valence-corrected chi connectivity index (χ0v) is 19.2. The van der Waals surface area contributed by atoms with E-state index < -0.39 is 22.8 Å². The monoisotopic (exact) mass is 446 g/mol. The van der Waals surface area contributed by atoms with Crippen LogP contribution in [0.15, 0.2) is 24.0 Å². The van der Waals surface area contributed by atoms with E-state index >= 15 is 0 Å². The van der Waals surface area contributed by atoms with E-state index in [1.165, 1.54) is 18.8 Å². The minimum absolute atomic E-state index is 0.0312. The minimum Gasteiger partial charge on any atom is -0.502 e. The lowest BCUT2D eigenvalue weighted by molar-refractivity contribution is -0.197. The van der Waals surface area contributed by atoms with Gasteiger partial charge in [0.15, 0.2) is 5.79 Å². The molecule has 0 aromatic heterocycles. The SMILES string of the molecule is CCOC=CC1(O)C2CC=C3CC4(CCC3(C)C2C2CC1(CC(C)=O)C(=O)O2)OCCO4. The first-order valence-corrected chi connectivity index (χ1v) is 11.9. The molecule has 0 amide bonds.